The van der Waals surface area contributed by atoms with Gasteiger partial charge in [-0.3, -0.25) is 4.79 Å². The number of rotatable bonds is 4. The first-order chi connectivity index (χ1) is 9.97. The normalized spacial score (nSPS) is 10.2. The summed E-state index contributed by atoms with van der Waals surface area (Å²) in [6.07, 6.45) is 0. The Bertz CT molecular complexity index is 657. The molecule has 7 heteroatoms. The molecule has 0 radical (unpaired) electrons. The van der Waals surface area contributed by atoms with E-state index in [4.69, 9.17) is 10.5 Å². The lowest BCUT2D eigenvalue weighted by atomic mass is 10.3. The van der Waals surface area contributed by atoms with Crippen LogP contribution in [0.1, 0.15) is 0 Å². The summed E-state index contributed by atoms with van der Waals surface area (Å²) in [5.41, 5.74) is 5.90. The molecule has 0 unspecified atom stereocenters. The van der Waals surface area contributed by atoms with Gasteiger partial charge >= 0.3 is 0 Å². The van der Waals surface area contributed by atoms with Gasteiger partial charge in [-0.25, -0.2) is 8.78 Å². The van der Waals surface area contributed by atoms with Gasteiger partial charge in [0.1, 0.15) is 11.6 Å². The largest absolute Gasteiger partial charge is 0.482 e. The maximum Gasteiger partial charge on any atom is 0.262 e. The predicted molar refractivity (Wildman–Crippen MR) is 79.0 cm³/mol. The third kappa shape index (κ3) is 3.91. The number of halogens is 3. The van der Waals surface area contributed by atoms with Crippen molar-refractivity contribution in [1.29, 1.82) is 0 Å². The number of nitrogens with one attached hydrogen (secondary N) is 1. The molecule has 2 aromatic rings. The van der Waals surface area contributed by atoms with Crippen molar-refractivity contribution >= 4 is 33.2 Å². The number of carbonyl (C=O) groups excluding carboxylic acids is 1. The molecule has 0 aliphatic carbocycles. The van der Waals surface area contributed by atoms with E-state index in [0.717, 1.165) is 6.07 Å². The summed E-state index contributed by atoms with van der Waals surface area (Å²) in [5.74, 6) is -1.86. The molecule has 0 aliphatic heterocycles. The Hall–Kier alpha value is -2.15. The molecule has 21 heavy (non-hydrogen) atoms. The summed E-state index contributed by atoms with van der Waals surface area (Å²) >= 11 is 2.98. The summed E-state index contributed by atoms with van der Waals surface area (Å²) in [5, 5.41) is 2.30. The lowest BCUT2D eigenvalue weighted by molar-refractivity contribution is -0.118. The van der Waals surface area contributed by atoms with Crippen LogP contribution in [-0.2, 0) is 4.79 Å². The Morgan fingerprint density at radius 3 is 2.67 bits per heavy atom. The smallest absolute Gasteiger partial charge is 0.262 e. The highest BCUT2D eigenvalue weighted by Crippen LogP contribution is 2.27. The number of ether oxygens (including phenoxy) is 1. The molecule has 0 saturated carbocycles. The van der Waals surface area contributed by atoms with E-state index in [2.05, 4.69) is 21.2 Å². The van der Waals surface area contributed by atoms with Crippen molar-refractivity contribution in [3.8, 4) is 5.75 Å². The average molecular weight is 357 g/mol. The average Bonchev–Trinajstić information content (AvgIpc) is 2.42. The van der Waals surface area contributed by atoms with Crippen LogP contribution in [0.4, 0.5) is 20.2 Å². The lowest BCUT2D eigenvalue weighted by Crippen LogP contribution is -2.21. The first-order valence-electron chi connectivity index (χ1n) is 5.89. The topological polar surface area (TPSA) is 64.3 Å². The number of carbonyl (C=O) groups is 1. The number of nitrogens with two attached hydrogens (primary N) is 1. The molecule has 0 heterocycles. The van der Waals surface area contributed by atoms with Gasteiger partial charge in [-0.2, -0.15) is 0 Å². The zero-order valence-corrected chi connectivity index (χ0v) is 12.3. The van der Waals surface area contributed by atoms with E-state index in [0.29, 0.717) is 17.5 Å². The van der Waals surface area contributed by atoms with Crippen molar-refractivity contribution in [1.82, 2.24) is 0 Å². The molecule has 2 aromatic carbocycles. The quantitative estimate of drug-likeness (QED) is 0.825. The van der Waals surface area contributed by atoms with E-state index in [-0.39, 0.29) is 16.8 Å². The maximum atomic E-state index is 13.6. The first kappa shape index (κ1) is 15.2. The van der Waals surface area contributed by atoms with E-state index < -0.39 is 17.5 Å². The second kappa shape index (κ2) is 6.53. The standard InChI is InChI=1S/C14H11BrF2N2O2/c15-9-5-8(16)6-10(17)14(9)19-13(20)7-21-12-4-2-1-3-11(12)18/h1-6H,7,18H2,(H,19,20). The molecule has 0 fully saturated rings. The molecular weight excluding hydrogens is 346 g/mol. The van der Waals surface area contributed by atoms with E-state index in [9.17, 15) is 13.6 Å². The van der Waals surface area contributed by atoms with Crippen LogP contribution in [0, 0.1) is 11.6 Å². The number of para-hydroxylation sites is 2. The zero-order chi connectivity index (χ0) is 15.4. The van der Waals surface area contributed by atoms with Crippen LogP contribution in [0.5, 0.6) is 5.75 Å². The maximum absolute atomic E-state index is 13.6. The van der Waals surface area contributed by atoms with Crippen LogP contribution in [0.15, 0.2) is 40.9 Å². The van der Waals surface area contributed by atoms with Crippen molar-refractivity contribution < 1.29 is 18.3 Å². The highest BCUT2D eigenvalue weighted by atomic mass is 79.9. The summed E-state index contributed by atoms with van der Waals surface area (Å²) in [7, 11) is 0. The van der Waals surface area contributed by atoms with Crippen LogP contribution in [0.3, 0.4) is 0 Å². The van der Waals surface area contributed by atoms with Crippen LogP contribution in [0.2, 0.25) is 0 Å². The van der Waals surface area contributed by atoms with Gasteiger partial charge in [0.15, 0.2) is 12.4 Å². The summed E-state index contributed by atoms with van der Waals surface area (Å²) < 4.78 is 31.8. The van der Waals surface area contributed by atoms with E-state index in [1.54, 1.807) is 24.3 Å². The fourth-order valence-corrected chi connectivity index (χ4v) is 2.10. The van der Waals surface area contributed by atoms with E-state index in [1.807, 2.05) is 0 Å². The third-order valence-corrected chi connectivity index (χ3v) is 3.17. The van der Waals surface area contributed by atoms with E-state index in [1.165, 1.54) is 0 Å². The highest BCUT2D eigenvalue weighted by molar-refractivity contribution is 9.10. The molecule has 0 aromatic heterocycles. The molecule has 0 bridgehead atoms. The van der Waals surface area contributed by atoms with Crippen molar-refractivity contribution in [2.24, 2.45) is 0 Å². The van der Waals surface area contributed by atoms with Gasteiger partial charge in [0.25, 0.3) is 5.91 Å². The number of nitrogen functional groups attached to an aromatic ring is 1. The molecule has 1 amide bonds. The number of hydrogen-bond donors (Lipinski definition) is 2. The van der Waals surface area contributed by atoms with Gasteiger partial charge in [-0.1, -0.05) is 12.1 Å². The van der Waals surface area contributed by atoms with Crippen molar-refractivity contribution in [3.05, 3.63) is 52.5 Å². The highest BCUT2D eigenvalue weighted by Gasteiger charge is 2.13. The number of amides is 1. The van der Waals surface area contributed by atoms with Gasteiger partial charge in [-0.15, -0.1) is 0 Å². The lowest BCUT2D eigenvalue weighted by Gasteiger charge is -2.11. The van der Waals surface area contributed by atoms with Crippen LogP contribution < -0.4 is 15.8 Å². The SMILES string of the molecule is Nc1ccccc1OCC(=O)Nc1c(F)cc(F)cc1Br. The van der Waals surface area contributed by atoms with Crippen LogP contribution in [0.25, 0.3) is 0 Å². The summed E-state index contributed by atoms with van der Waals surface area (Å²) in [6, 6.07) is 8.40. The molecule has 0 atom stereocenters. The van der Waals surface area contributed by atoms with Crippen molar-refractivity contribution in [2.45, 2.75) is 0 Å². The zero-order valence-electron chi connectivity index (χ0n) is 10.7. The summed E-state index contributed by atoms with van der Waals surface area (Å²) in [6.45, 7) is -0.350. The van der Waals surface area contributed by atoms with Gasteiger partial charge in [0.2, 0.25) is 0 Å². The van der Waals surface area contributed by atoms with Gasteiger partial charge < -0.3 is 15.8 Å². The second-order valence-electron chi connectivity index (χ2n) is 4.12. The molecule has 0 aliphatic rings. The van der Waals surface area contributed by atoms with Crippen LogP contribution in [-0.4, -0.2) is 12.5 Å². The third-order valence-electron chi connectivity index (χ3n) is 2.55. The summed E-state index contributed by atoms with van der Waals surface area (Å²) in [4.78, 5) is 11.7. The molecule has 110 valence electrons. The Kier molecular flexibility index (Phi) is 4.74. The number of hydrogen-bond acceptors (Lipinski definition) is 3. The second-order valence-corrected chi connectivity index (χ2v) is 4.97. The fraction of sp³-hybridized carbons (Fsp3) is 0.0714. The molecule has 4 nitrogen and oxygen atoms in total. The molecular formula is C14H11BrF2N2O2. The Morgan fingerprint density at radius 2 is 2.00 bits per heavy atom. The Balaban J connectivity index is 2.01. The van der Waals surface area contributed by atoms with Crippen molar-refractivity contribution in [3.63, 3.8) is 0 Å². The Labute approximate surface area is 128 Å². The monoisotopic (exact) mass is 356 g/mol. The minimum Gasteiger partial charge on any atom is -0.482 e. The number of benzene rings is 2. The van der Waals surface area contributed by atoms with Gasteiger partial charge in [0, 0.05) is 10.5 Å². The molecule has 0 spiro atoms. The number of anilines is 2. The minimum absolute atomic E-state index is 0.104. The van der Waals surface area contributed by atoms with E-state index >= 15 is 0 Å². The van der Waals surface area contributed by atoms with Gasteiger partial charge in [0.05, 0.1) is 11.4 Å². The first-order valence-corrected chi connectivity index (χ1v) is 6.68. The fourth-order valence-electron chi connectivity index (χ4n) is 1.59. The molecule has 2 rings (SSSR count). The Morgan fingerprint density at radius 1 is 1.29 bits per heavy atom. The minimum atomic E-state index is -0.880. The molecule has 3 N–H and O–H groups in total. The predicted octanol–water partition coefficient (Wildman–Crippen LogP) is 3.33. The molecule has 0 saturated heterocycles. The van der Waals surface area contributed by atoms with Crippen molar-refractivity contribution in [2.75, 3.05) is 17.7 Å². The van der Waals surface area contributed by atoms with Gasteiger partial charge in [-0.05, 0) is 34.1 Å². The van der Waals surface area contributed by atoms with Crippen LogP contribution >= 0.6 is 15.9 Å².